The number of anilines is 1. The zero-order valence-electron chi connectivity index (χ0n) is 14.4. The molecule has 1 N–H and O–H groups in total. The van der Waals surface area contributed by atoms with E-state index >= 15 is 0 Å². The molecule has 0 saturated carbocycles. The molecule has 1 aromatic carbocycles. The second kappa shape index (κ2) is 7.53. The van der Waals surface area contributed by atoms with E-state index in [-0.39, 0.29) is 6.03 Å². The third kappa shape index (κ3) is 3.62. The number of benzene rings is 1. The highest BCUT2D eigenvalue weighted by Gasteiger charge is 2.29. The van der Waals surface area contributed by atoms with Crippen molar-refractivity contribution in [3.05, 3.63) is 42.7 Å². The Morgan fingerprint density at radius 2 is 2.00 bits per heavy atom. The fourth-order valence-corrected chi connectivity index (χ4v) is 3.33. The van der Waals surface area contributed by atoms with Gasteiger partial charge in [-0.15, -0.1) is 0 Å². The van der Waals surface area contributed by atoms with Crippen LogP contribution in [0.4, 0.5) is 10.5 Å². The van der Waals surface area contributed by atoms with E-state index in [9.17, 15) is 4.79 Å². The number of urea groups is 1. The normalized spacial score (nSPS) is 17.5. The van der Waals surface area contributed by atoms with Crippen LogP contribution < -0.4 is 5.32 Å². The van der Waals surface area contributed by atoms with Gasteiger partial charge in [-0.2, -0.15) is 0 Å². The van der Waals surface area contributed by atoms with Gasteiger partial charge in [0.05, 0.1) is 6.26 Å². The van der Waals surface area contributed by atoms with Gasteiger partial charge in [0.15, 0.2) is 0 Å². The summed E-state index contributed by atoms with van der Waals surface area (Å²) in [6, 6.07) is 12.0. The zero-order valence-corrected chi connectivity index (χ0v) is 14.4. The molecule has 0 bridgehead atoms. The Labute approximate surface area is 143 Å². The van der Waals surface area contributed by atoms with Crippen LogP contribution in [-0.2, 0) is 0 Å². The van der Waals surface area contributed by atoms with Crippen LogP contribution in [0, 0.1) is 0 Å². The van der Waals surface area contributed by atoms with E-state index in [2.05, 4.69) is 24.1 Å². The third-order valence-corrected chi connectivity index (χ3v) is 4.72. The van der Waals surface area contributed by atoms with Gasteiger partial charge in [0.25, 0.3) is 0 Å². The van der Waals surface area contributed by atoms with E-state index in [1.54, 1.807) is 6.26 Å². The molecule has 2 aromatic rings. The summed E-state index contributed by atoms with van der Waals surface area (Å²) >= 11 is 0. The molecule has 0 radical (unpaired) electrons. The molecule has 1 saturated heterocycles. The first-order valence-electron chi connectivity index (χ1n) is 8.65. The third-order valence-electron chi connectivity index (χ3n) is 4.72. The summed E-state index contributed by atoms with van der Waals surface area (Å²) in [5.41, 5.74) is 1.81. The van der Waals surface area contributed by atoms with Crippen LogP contribution in [0.2, 0.25) is 0 Å². The number of hydrogen-bond donors (Lipinski definition) is 1. The van der Waals surface area contributed by atoms with Gasteiger partial charge in [-0.1, -0.05) is 13.8 Å². The van der Waals surface area contributed by atoms with E-state index in [1.165, 1.54) is 0 Å². The van der Waals surface area contributed by atoms with Crippen LogP contribution in [0.5, 0.6) is 0 Å². The lowest BCUT2D eigenvalue weighted by Crippen LogP contribution is -2.39. The minimum absolute atomic E-state index is 0.0181. The summed E-state index contributed by atoms with van der Waals surface area (Å²) in [7, 11) is 0. The molecule has 2 amide bonds. The van der Waals surface area contributed by atoms with Crippen molar-refractivity contribution in [1.29, 1.82) is 0 Å². The van der Waals surface area contributed by atoms with Crippen molar-refractivity contribution in [3.63, 3.8) is 0 Å². The van der Waals surface area contributed by atoms with Gasteiger partial charge in [-0.3, -0.25) is 4.90 Å². The molecular formula is C19H25N3O2. The summed E-state index contributed by atoms with van der Waals surface area (Å²) in [5, 5.41) is 2.99. The molecule has 24 heavy (non-hydrogen) atoms. The maximum Gasteiger partial charge on any atom is 0.321 e. The molecule has 0 spiro atoms. The lowest BCUT2D eigenvalue weighted by atomic mass is 10.1. The van der Waals surface area contributed by atoms with Crippen molar-refractivity contribution in [3.8, 4) is 11.3 Å². The smallest absolute Gasteiger partial charge is 0.321 e. The summed E-state index contributed by atoms with van der Waals surface area (Å²) < 4.78 is 5.38. The summed E-state index contributed by atoms with van der Waals surface area (Å²) in [6.45, 7) is 8.03. The maximum atomic E-state index is 12.5. The van der Waals surface area contributed by atoms with Crippen molar-refractivity contribution in [2.75, 3.05) is 31.5 Å². The summed E-state index contributed by atoms with van der Waals surface area (Å²) in [4.78, 5) is 16.8. The van der Waals surface area contributed by atoms with Gasteiger partial charge < -0.3 is 14.6 Å². The molecule has 1 aromatic heterocycles. The average molecular weight is 327 g/mol. The molecule has 1 atom stereocenters. The molecule has 128 valence electrons. The van der Waals surface area contributed by atoms with Crippen LogP contribution in [0.25, 0.3) is 11.3 Å². The van der Waals surface area contributed by atoms with Gasteiger partial charge >= 0.3 is 6.03 Å². The first-order valence-corrected chi connectivity index (χ1v) is 8.65. The summed E-state index contributed by atoms with van der Waals surface area (Å²) in [6.07, 6.45) is 2.71. The number of carbonyl (C=O) groups is 1. The van der Waals surface area contributed by atoms with Gasteiger partial charge in [-0.25, -0.2) is 4.79 Å². The topological polar surface area (TPSA) is 48.7 Å². The minimum atomic E-state index is -0.0181. The highest BCUT2D eigenvalue weighted by Crippen LogP contribution is 2.22. The molecule has 0 aliphatic carbocycles. The van der Waals surface area contributed by atoms with Crippen LogP contribution in [0.15, 0.2) is 47.1 Å². The van der Waals surface area contributed by atoms with Crippen molar-refractivity contribution in [1.82, 2.24) is 9.80 Å². The van der Waals surface area contributed by atoms with E-state index in [1.807, 2.05) is 41.3 Å². The monoisotopic (exact) mass is 327 g/mol. The fourth-order valence-electron chi connectivity index (χ4n) is 3.33. The Kier molecular flexibility index (Phi) is 5.20. The Bertz CT molecular complexity index is 648. The lowest BCUT2D eigenvalue weighted by Gasteiger charge is -2.26. The van der Waals surface area contributed by atoms with Crippen LogP contribution in [0.3, 0.4) is 0 Å². The highest BCUT2D eigenvalue weighted by molar-refractivity contribution is 5.89. The van der Waals surface area contributed by atoms with Gasteiger partial charge in [-0.05, 0) is 55.9 Å². The Morgan fingerprint density at radius 3 is 2.62 bits per heavy atom. The number of furan rings is 1. The van der Waals surface area contributed by atoms with Crippen molar-refractivity contribution < 1.29 is 9.21 Å². The van der Waals surface area contributed by atoms with E-state index in [0.29, 0.717) is 6.04 Å². The highest BCUT2D eigenvalue weighted by atomic mass is 16.3. The van der Waals surface area contributed by atoms with Gasteiger partial charge in [0.1, 0.15) is 5.76 Å². The number of likely N-dealkylation sites (tertiary alicyclic amines) is 1. The summed E-state index contributed by atoms with van der Waals surface area (Å²) in [5.74, 6) is 0.828. The Hall–Kier alpha value is -2.27. The number of carbonyl (C=O) groups excluding carboxylic acids is 1. The van der Waals surface area contributed by atoms with Crippen molar-refractivity contribution >= 4 is 11.7 Å². The molecular weight excluding hydrogens is 302 g/mol. The maximum absolute atomic E-state index is 12.5. The molecule has 1 fully saturated rings. The Morgan fingerprint density at radius 1 is 1.25 bits per heavy atom. The second-order valence-electron chi connectivity index (χ2n) is 6.09. The standard InChI is InChI=1S/C19H25N3O2/c1-3-21(4-2)17-11-12-22(14-17)19(23)20-16-9-7-15(8-10-16)18-6-5-13-24-18/h5-10,13,17H,3-4,11-12,14H2,1-2H3,(H,20,23)/t17-/m1/s1. The predicted molar refractivity (Wildman–Crippen MR) is 96.1 cm³/mol. The van der Waals surface area contributed by atoms with E-state index in [4.69, 9.17) is 4.42 Å². The molecule has 3 rings (SSSR count). The minimum Gasteiger partial charge on any atom is -0.464 e. The van der Waals surface area contributed by atoms with Crippen LogP contribution in [0.1, 0.15) is 20.3 Å². The largest absolute Gasteiger partial charge is 0.464 e. The lowest BCUT2D eigenvalue weighted by molar-refractivity contribution is 0.202. The molecule has 2 heterocycles. The van der Waals surface area contributed by atoms with E-state index < -0.39 is 0 Å². The molecule has 5 nitrogen and oxygen atoms in total. The number of nitrogens with zero attached hydrogens (tertiary/aromatic N) is 2. The van der Waals surface area contributed by atoms with Gasteiger partial charge in [0, 0.05) is 30.4 Å². The molecule has 5 heteroatoms. The quantitative estimate of drug-likeness (QED) is 0.906. The number of amides is 2. The number of likely N-dealkylation sites (N-methyl/N-ethyl adjacent to an activating group) is 1. The van der Waals surface area contributed by atoms with Crippen molar-refractivity contribution in [2.24, 2.45) is 0 Å². The second-order valence-corrected chi connectivity index (χ2v) is 6.09. The number of hydrogen-bond acceptors (Lipinski definition) is 3. The first-order chi connectivity index (χ1) is 11.7. The van der Waals surface area contributed by atoms with Crippen molar-refractivity contribution in [2.45, 2.75) is 26.3 Å². The Balaban J connectivity index is 1.57. The predicted octanol–water partition coefficient (Wildman–Crippen LogP) is 3.89. The molecule has 0 unspecified atom stereocenters. The van der Waals surface area contributed by atoms with E-state index in [0.717, 1.165) is 49.6 Å². The van der Waals surface area contributed by atoms with Crippen LogP contribution >= 0.6 is 0 Å². The van der Waals surface area contributed by atoms with Crippen LogP contribution in [-0.4, -0.2) is 48.1 Å². The van der Waals surface area contributed by atoms with Gasteiger partial charge in [0.2, 0.25) is 0 Å². The zero-order chi connectivity index (χ0) is 16.9. The number of nitrogens with one attached hydrogen (secondary N) is 1. The first kappa shape index (κ1) is 16.6. The average Bonchev–Trinajstić information content (AvgIpc) is 3.29. The molecule has 1 aliphatic heterocycles. The molecule has 1 aliphatic rings. The fraction of sp³-hybridized carbons (Fsp3) is 0.421. The SMILES string of the molecule is CCN(CC)[C@@H]1CCN(C(=O)Nc2ccc(-c3ccco3)cc2)C1. The number of rotatable bonds is 5.